The lowest BCUT2D eigenvalue weighted by Gasteiger charge is -2.10. The lowest BCUT2D eigenvalue weighted by Crippen LogP contribution is -2.08. The van der Waals surface area contributed by atoms with Gasteiger partial charge in [-0.1, -0.05) is 11.3 Å². The SMILES string of the molecule is Oc1sc(Nc2ccc(F)c(C(F)(F)F)c2)nc1-c1ccncc1. The Kier molecular flexibility index (Phi) is 4.10. The normalized spacial score (nSPS) is 11.5. The van der Waals surface area contributed by atoms with Gasteiger partial charge in [0.1, 0.15) is 11.5 Å². The molecule has 0 atom stereocenters. The van der Waals surface area contributed by atoms with Gasteiger partial charge in [-0.2, -0.15) is 13.2 Å². The summed E-state index contributed by atoms with van der Waals surface area (Å²) >= 11 is 0.860. The Morgan fingerprint density at radius 3 is 2.46 bits per heavy atom. The predicted octanol–water partition coefficient (Wildman–Crippen LogP) is 4.81. The molecular formula is C15H9F4N3OS. The number of rotatable bonds is 3. The van der Waals surface area contributed by atoms with E-state index in [4.69, 9.17) is 0 Å². The Morgan fingerprint density at radius 1 is 1.08 bits per heavy atom. The number of alkyl halides is 3. The molecular weight excluding hydrogens is 346 g/mol. The summed E-state index contributed by atoms with van der Waals surface area (Å²) in [6.07, 6.45) is -1.75. The summed E-state index contributed by atoms with van der Waals surface area (Å²) in [6.45, 7) is 0. The van der Waals surface area contributed by atoms with Crippen LogP contribution in [-0.4, -0.2) is 15.1 Å². The molecule has 0 unspecified atom stereocenters. The third-order valence-corrected chi connectivity index (χ3v) is 3.86. The van der Waals surface area contributed by atoms with Gasteiger partial charge in [0, 0.05) is 23.6 Å². The molecule has 0 aliphatic carbocycles. The number of hydrogen-bond acceptors (Lipinski definition) is 5. The molecule has 2 aromatic heterocycles. The standard InChI is InChI=1S/C15H9F4N3OS/c16-11-2-1-9(7-10(11)15(17,18)19)21-14-22-12(13(23)24-14)8-3-5-20-6-4-8/h1-7,23H,(H,21,22). The van der Waals surface area contributed by atoms with Crippen molar-refractivity contribution in [2.45, 2.75) is 6.18 Å². The Hall–Kier alpha value is -2.68. The summed E-state index contributed by atoms with van der Waals surface area (Å²) in [6, 6.07) is 5.81. The topological polar surface area (TPSA) is 58.0 Å². The summed E-state index contributed by atoms with van der Waals surface area (Å²) in [5.74, 6) is -1.35. The van der Waals surface area contributed by atoms with Gasteiger partial charge in [-0.05, 0) is 30.3 Å². The first-order valence-electron chi connectivity index (χ1n) is 6.58. The number of aromatic nitrogens is 2. The van der Waals surface area contributed by atoms with Crippen molar-refractivity contribution in [1.29, 1.82) is 0 Å². The minimum atomic E-state index is -4.80. The molecule has 2 heterocycles. The highest BCUT2D eigenvalue weighted by molar-refractivity contribution is 7.17. The predicted molar refractivity (Wildman–Crippen MR) is 81.7 cm³/mol. The lowest BCUT2D eigenvalue weighted by atomic mass is 10.2. The monoisotopic (exact) mass is 355 g/mol. The van der Waals surface area contributed by atoms with E-state index in [-0.39, 0.29) is 21.6 Å². The van der Waals surface area contributed by atoms with E-state index in [0.717, 1.165) is 23.5 Å². The zero-order valence-corrected chi connectivity index (χ0v) is 12.6. The zero-order valence-electron chi connectivity index (χ0n) is 11.8. The van der Waals surface area contributed by atoms with Gasteiger partial charge < -0.3 is 10.4 Å². The van der Waals surface area contributed by atoms with Crippen LogP contribution in [0.3, 0.4) is 0 Å². The van der Waals surface area contributed by atoms with Crippen LogP contribution >= 0.6 is 11.3 Å². The van der Waals surface area contributed by atoms with Crippen LogP contribution in [0, 0.1) is 5.82 Å². The van der Waals surface area contributed by atoms with Gasteiger partial charge in [0.25, 0.3) is 0 Å². The largest absolute Gasteiger partial charge is 0.498 e. The Labute approximate surface area is 137 Å². The average Bonchev–Trinajstić information content (AvgIpc) is 2.89. The maximum absolute atomic E-state index is 13.3. The van der Waals surface area contributed by atoms with Crippen LogP contribution in [0.4, 0.5) is 28.4 Å². The molecule has 3 rings (SSSR count). The van der Waals surface area contributed by atoms with E-state index in [1.807, 2.05) is 0 Å². The molecule has 0 saturated heterocycles. The molecule has 0 spiro atoms. The maximum Gasteiger partial charge on any atom is 0.419 e. The number of aromatic hydroxyl groups is 1. The van der Waals surface area contributed by atoms with Gasteiger partial charge in [-0.3, -0.25) is 4.98 Å². The van der Waals surface area contributed by atoms with E-state index in [0.29, 0.717) is 11.6 Å². The number of hydrogen-bond donors (Lipinski definition) is 2. The van der Waals surface area contributed by atoms with Crippen LogP contribution in [0.1, 0.15) is 5.56 Å². The molecule has 2 N–H and O–H groups in total. The van der Waals surface area contributed by atoms with Gasteiger partial charge in [0.05, 0.1) is 5.56 Å². The summed E-state index contributed by atoms with van der Waals surface area (Å²) in [5.41, 5.74) is -0.466. The van der Waals surface area contributed by atoms with Crippen LogP contribution in [0.25, 0.3) is 11.3 Å². The second kappa shape index (κ2) is 6.08. The first-order valence-corrected chi connectivity index (χ1v) is 7.40. The molecule has 0 aliphatic rings. The highest BCUT2D eigenvalue weighted by Gasteiger charge is 2.34. The quantitative estimate of drug-likeness (QED) is 0.662. The van der Waals surface area contributed by atoms with Crippen molar-refractivity contribution in [1.82, 2.24) is 9.97 Å². The second-order valence-electron chi connectivity index (χ2n) is 4.73. The number of thiazole rings is 1. The van der Waals surface area contributed by atoms with Crippen LogP contribution in [0.5, 0.6) is 5.06 Å². The van der Waals surface area contributed by atoms with Crippen LogP contribution in [0.15, 0.2) is 42.7 Å². The molecule has 0 amide bonds. The van der Waals surface area contributed by atoms with Gasteiger partial charge in [0.2, 0.25) is 5.06 Å². The number of benzene rings is 1. The smallest absolute Gasteiger partial charge is 0.419 e. The zero-order chi connectivity index (χ0) is 17.3. The van der Waals surface area contributed by atoms with Crippen molar-refractivity contribution < 1.29 is 22.7 Å². The van der Waals surface area contributed by atoms with Crippen molar-refractivity contribution in [3.8, 4) is 16.3 Å². The summed E-state index contributed by atoms with van der Waals surface area (Å²) in [4.78, 5) is 8.00. The molecule has 0 radical (unpaired) electrons. The van der Waals surface area contributed by atoms with E-state index in [1.54, 1.807) is 12.1 Å². The molecule has 0 saturated carbocycles. The third kappa shape index (κ3) is 3.30. The van der Waals surface area contributed by atoms with Crippen LogP contribution < -0.4 is 5.32 Å². The highest BCUT2D eigenvalue weighted by atomic mass is 32.1. The molecule has 4 nitrogen and oxygen atoms in total. The number of anilines is 2. The van der Waals surface area contributed by atoms with Crippen molar-refractivity contribution in [2.75, 3.05) is 5.32 Å². The maximum atomic E-state index is 13.3. The van der Waals surface area contributed by atoms with Crippen molar-refractivity contribution in [3.63, 3.8) is 0 Å². The van der Waals surface area contributed by atoms with Crippen molar-refractivity contribution in [2.24, 2.45) is 0 Å². The molecule has 3 aromatic rings. The van der Waals surface area contributed by atoms with E-state index in [9.17, 15) is 22.7 Å². The van der Waals surface area contributed by atoms with Crippen LogP contribution in [-0.2, 0) is 6.18 Å². The third-order valence-electron chi connectivity index (χ3n) is 3.09. The Balaban J connectivity index is 1.90. The molecule has 124 valence electrons. The molecule has 1 aromatic carbocycles. The molecule has 24 heavy (non-hydrogen) atoms. The van der Waals surface area contributed by atoms with E-state index in [1.165, 1.54) is 12.4 Å². The van der Waals surface area contributed by atoms with E-state index >= 15 is 0 Å². The molecule has 0 bridgehead atoms. The van der Waals surface area contributed by atoms with Gasteiger partial charge in [-0.15, -0.1) is 0 Å². The summed E-state index contributed by atoms with van der Waals surface area (Å²) in [5, 5.41) is 12.7. The Bertz CT molecular complexity index is 865. The first kappa shape index (κ1) is 16.2. The average molecular weight is 355 g/mol. The second-order valence-corrected chi connectivity index (χ2v) is 5.70. The van der Waals surface area contributed by atoms with Gasteiger partial charge in [0.15, 0.2) is 5.13 Å². The fourth-order valence-electron chi connectivity index (χ4n) is 2.01. The first-order chi connectivity index (χ1) is 11.3. The Morgan fingerprint density at radius 2 is 1.79 bits per heavy atom. The minimum absolute atomic E-state index is 0.0127. The fourth-order valence-corrected chi connectivity index (χ4v) is 2.76. The molecule has 9 heteroatoms. The van der Waals surface area contributed by atoms with Gasteiger partial charge in [-0.25, -0.2) is 9.37 Å². The minimum Gasteiger partial charge on any atom is -0.498 e. The number of pyridine rings is 1. The highest BCUT2D eigenvalue weighted by Crippen LogP contribution is 2.38. The number of nitrogens with one attached hydrogen (secondary N) is 1. The van der Waals surface area contributed by atoms with Crippen molar-refractivity contribution >= 4 is 22.2 Å². The molecule has 0 aliphatic heterocycles. The van der Waals surface area contributed by atoms with Crippen LogP contribution in [0.2, 0.25) is 0 Å². The number of halogens is 4. The fraction of sp³-hybridized carbons (Fsp3) is 0.0667. The van der Waals surface area contributed by atoms with Gasteiger partial charge >= 0.3 is 6.18 Å². The van der Waals surface area contributed by atoms with E-state index in [2.05, 4.69) is 15.3 Å². The number of nitrogens with zero attached hydrogens (tertiary/aromatic N) is 2. The lowest BCUT2D eigenvalue weighted by molar-refractivity contribution is -0.139. The molecule has 0 fully saturated rings. The summed E-state index contributed by atoms with van der Waals surface area (Å²) < 4.78 is 51.5. The summed E-state index contributed by atoms with van der Waals surface area (Å²) in [7, 11) is 0. The van der Waals surface area contributed by atoms with E-state index < -0.39 is 17.6 Å². The van der Waals surface area contributed by atoms with Crippen molar-refractivity contribution in [3.05, 3.63) is 54.1 Å².